The lowest BCUT2D eigenvalue weighted by molar-refractivity contribution is -0.138. The van der Waals surface area contributed by atoms with Gasteiger partial charge in [-0.1, -0.05) is 0 Å². The Morgan fingerprint density at radius 1 is 1.75 bits per heavy atom. The number of furan rings is 1. The fourth-order valence-electron chi connectivity index (χ4n) is 1.59. The summed E-state index contributed by atoms with van der Waals surface area (Å²) in [5.41, 5.74) is 0.743. The first kappa shape index (κ1) is 7.68. The van der Waals surface area contributed by atoms with E-state index < -0.39 is 11.9 Å². The largest absolute Gasteiger partial charge is 0.481 e. The van der Waals surface area contributed by atoms with E-state index in [-0.39, 0.29) is 5.22 Å². The molecule has 1 aromatic heterocycles. The molecule has 0 radical (unpaired) electrons. The summed E-state index contributed by atoms with van der Waals surface area (Å²) in [4.78, 5) is 10.7. The van der Waals surface area contributed by atoms with Crippen molar-refractivity contribution in [1.29, 1.82) is 0 Å². The van der Waals surface area contributed by atoms with Crippen LogP contribution in [-0.4, -0.2) is 11.1 Å². The minimum atomic E-state index is -0.800. The van der Waals surface area contributed by atoms with Gasteiger partial charge in [0.25, 0.3) is 0 Å². The van der Waals surface area contributed by atoms with Gasteiger partial charge in [0.15, 0.2) is 5.22 Å². The van der Waals surface area contributed by atoms with Gasteiger partial charge < -0.3 is 9.52 Å². The number of fused-ring (bicyclic) bond motifs is 1. The first-order chi connectivity index (χ1) is 5.68. The highest BCUT2D eigenvalue weighted by atomic mass is 35.5. The van der Waals surface area contributed by atoms with Crippen molar-refractivity contribution in [2.24, 2.45) is 0 Å². The maximum Gasteiger partial charge on any atom is 0.311 e. The van der Waals surface area contributed by atoms with Gasteiger partial charge in [-0.25, -0.2) is 0 Å². The summed E-state index contributed by atoms with van der Waals surface area (Å²) >= 11 is 5.59. The number of aryl methyl sites for hydroxylation is 1. The summed E-state index contributed by atoms with van der Waals surface area (Å²) in [5, 5.41) is 9.07. The number of rotatable bonds is 1. The number of carboxylic acids is 1. The van der Waals surface area contributed by atoms with Crippen molar-refractivity contribution < 1.29 is 14.3 Å². The minimum Gasteiger partial charge on any atom is -0.481 e. The topological polar surface area (TPSA) is 50.4 Å². The standard InChI is InChI=1S/C8H7ClO3/c9-7-3-5-4(8(10)11)1-2-6(5)12-7/h3-4H,1-2H2,(H,10,11). The Hall–Kier alpha value is -0.960. The lowest BCUT2D eigenvalue weighted by Crippen LogP contribution is -2.06. The fraction of sp³-hybridized carbons (Fsp3) is 0.375. The van der Waals surface area contributed by atoms with Crippen LogP contribution in [0.3, 0.4) is 0 Å². The van der Waals surface area contributed by atoms with Crippen LogP contribution >= 0.6 is 11.6 Å². The number of halogens is 1. The number of carboxylic acid groups (broad SMARTS) is 1. The third-order valence-electron chi connectivity index (χ3n) is 2.15. The van der Waals surface area contributed by atoms with E-state index in [4.69, 9.17) is 21.1 Å². The first-order valence-corrected chi connectivity index (χ1v) is 4.07. The Kier molecular flexibility index (Phi) is 1.61. The van der Waals surface area contributed by atoms with Crippen LogP contribution in [0, 0.1) is 0 Å². The van der Waals surface area contributed by atoms with Crippen molar-refractivity contribution in [3.05, 3.63) is 22.6 Å². The molecule has 64 valence electrons. The Bertz CT molecular complexity index is 329. The van der Waals surface area contributed by atoms with E-state index in [1.807, 2.05) is 0 Å². The van der Waals surface area contributed by atoms with Crippen molar-refractivity contribution in [2.75, 3.05) is 0 Å². The molecule has 1 aliphatic carbocycles. The number of carbonyl (C=O) groups is 1. The molecular formula is C8H7ClO3. The highest BCUT2D eigenvalue weighted by Gasteiger charge is 2.31. The van der Waals surface area contributed by atoms with Gasteiger partial charge >= 0.3 is 5.97 Å². The smallest absolute Gasteiger partial charge is 0.311 e. The van der Waals surface area contributed by atoms with Gasteiger partial charge in [-0.3, -0.25) is 4.79 Å². The van der Waals surface area contributed by atoms with Gasteiger partial charge in [0, 0.05) is 18.1 Å². The van der Waals surface area contributed by atoms with Gasteiger partial charge in [0.1, 0.15) is 5.76 Å². The number of hydrogen-bond acceptors (Lipinski definition) is 2. The molecule has 2 rings (SSSR count). The quantitative estimate of drug-likeness (QED) is 0.730. The van der Waals surface area contributed by atoms with Gasteiger partial charge in [-0.05, 0) is 18.0 Å². The van der Waals surface area contributed by atoms with Gasteiger partial charge in [0.05, 0.1) is 5.92 Å². The van der Waals surface area contributed by atoms with Crippen LogP contribution in [0.4, 0.5) is 0 Å². The van der Waals surface area contributed by atoms with Gasteiger partial charge in [-0.2, -0.15) is 0 Å². The molecule has 1 atom stereocenters. The Morgan fingerprint density at radius 3 is 3.17 bits per heavy atom. The summed E-state index contributed by atoms with van der Waals surface area (Å²) in [6.07, 6.45) is 1.31. The molecule has 0 amide bonds. The monoisotopic (exact) mass is 186 g/mol. The number of hydrogen-bond donors (Lipinski definition) is 1. The summed E-state index contributed by atoms with van der Waals surface area (Å²) in [6.45, 7) is 0. The molecule has 1 unspecified atom stereocenters. The van der Waals surface area contributed by atoms with Crippen molar-refractivity contribution in [3.8, 4) is 0 Å². The minimum absolute atomic E-state index is 0.283. The molecule has 0 spiro atoms. The Balaban J connectivity index is 2.41. The molecule has 0 aliphatic heterocycles. The molecule has 0 saturated carbocycles. The normalized spacial score (nSPS) is 20.9. The van der Waals surface area contributed by atoms with Crippen LogP contribution in [0.2, 0.25) is 5.22 Å². The zero-order valence-electron chi connectivity index (χ0n) is 6.21. The van der Waals surface area contributed by atoms with E-state index in [1.54, 1.807) is 6.07 Å². The maximum absolute atomic E-state index is 10.7. The molecule has 1 N–H and O–H groups in total. The van der Waals surface area contributed by atoms with Gasteiger partial charge in [0.2, 0.25) is 0 Å². The second-order valence-corrected chi connectivity index (χ2v) is 3.23. The summed E-state index contributed by atoms with van der Waals surface area (Å²) in [7, 11) is 0. The summed E-state index contributed by atoms with van der Waals surface area (Å²) in [6, 6.07) is 1.60. The summed E-state index contributed by atoms with van der Waals surface area (Å²) < 4.78 is 5.11. The van der Waals surface area contributed by atoms with Crippen LogP contribution in [0.5, 0.6) is 0 Å². The summed E-state index contributed by atoms with van der Waals surface area (Å²) in [5.74, 6) is -0.491. The lowest BCUT2D eigenvalue weighted by Gasteiger charge is -1.99. The molecule has 4 heteroatoms. The second-order valence-electron chi connectivity index (χ2n) is 2.86. The molecule has 0 aromatic carbocycles. The van der Waals surface area contributed by atoms with Crippen LogP contribution < -0.4 is 0 Å². The van der Waals surface area contributed by atoms with Crippen LogP contribution in [0.15, 0.2) is 10.5 Å². The SMILES string of the molecule is O=C(O)C1CCc2oc(Cl)cc21. The van der Waals surface area contributed by atoms with Gasteiger partial charge in [-0.15, -0.1) is 0 Å². The van der Waals surface area contributed by atoms with E-state index in [9.17, 15) is 4.79 Å². The van der Waals surface area contributed by atoms with E-state index in [0.717, 1.165) is 11.3 Å². The van der Waals surface area contributed by atoms with E-state index in [1.165, 1.54) is 0 Å². The lowest BCUT2D eigenvalue weighted by atomic mass is 10.1. The van der Waals surface area contributed by atoms with E-state index in [0.29, 0.717) is 12.8 Å². The van der Waals surface area contributed by atoms with Crippen molar-refractivity contribution in [3.63, 3.8) is 0 Å². The average molecular weight is 187 g/mol. The molecule has 1 aromatic rings. The van der Waals surface area contributed by atoms with Crippen LogP contribution in [-0.2, 0) is 11.2 Å². The second kappa shape index (κ2) is 2.52. The molecule has 1 aliphatic rings. The third-order valence-corrected chi connectivity index (χ3v) is 2.33. The molecule has 0 fully saturated rings. The Labute approximate surface area is 73.9 Å². The predicted molar refractivity (Wildman–Crippen MR) is 42.4 cm³/mol. The maximum atomic E-state index is 10.7. The molecule has 0 bridgehead atoms. The van der Waals surface area contributed by atoms with Crippen molar-refractivity contribution >= 4 is 17.6 Å². The zero-order valence-corrected chi connectivity index (χ0v) is 6.97. The van der Waals surface area contributed by atoms with Crippen molar-refractivity contribution in [2.45, 2.75) is 18.8 Å². The van der Waals surface area contributed by atoms with E-state index in [2.05, 4.69) is 0 Å². The highest BCUT2D eigenvalue weighted by molar-refractivity contribution is 6.29. The predicted octanol–water partition coefficient (Wildman–Crippen LogP) is 2.05. The molecule has 12 heavy (non-hydrogen) atoms. The highest BCUT2D eigenvalue weighted by Crippen LogP contribution is 2.36. The molecule has 0 saturated heterocycles. The van der Waals surface area contributed by atoms with Crippen LogP contribution in [0.1, 0.15) is 23.7 Å². The van der Waals surface area contributed by atoms with E-state index >= 15 is 0 Å². The van der Waals surface area contributed by atoms with Crippen molar-refractivity contribution in [1.82, 2.24) is 0 Å². The Morgan fingerprint density at radius 2 is 2.50 bits per heavy atom. The molecule has 1 heterocycles. The number of aliphatic carboxylic acids is 1. The molecular weight excluding hydrogens is 180 g/mol. The fourth-order valence-corrected chi connectivity index (χ4v) is 1.80. The molecule has 3 nitrogen and oxygen atoms in total. The average Bonchev–Trinajstić information content (AvgIpc) is 2.43. The van der Waals surface area contributed by atoms with Crippen LogP contribution in [0.25, 0.3) is 0 Å². The third kappa shape index (κ3) is 1.01. The zero-order chi connectivity index (χ0) is 8.72. The first-order valence-electron chi connectivity index (χ1n) is 3.69.